The zero-order chi connectivity index (χ0) is 10.7. The van der Waals surface area contributed by atoms with Gasteiger partial charge < -0.3 is 9.84 Å². The van der Waals surface area contributed by atoms with Crippen molar-refractivity contribution in [2.24, 2.45) is 5.41 Å². The lowest BCUT2D eigenvalue weighted by molar-refractivity contribution is -0.0375. The molecule has 15 heavy (non-hydrogen) atoms. The normalized spacial score (nSPS) is 26.8. The highest BCUT2D eigenvalue weighted by molar-refractivity contribution is 9.10. The summed E-state index contributed by atoms with van der Waals surface area (Å²) in [5.41, 5.74) is -0.0500. The number of aliphatic hydroxyl groups excluding tert-OH is 1. The zero-order valence-corrected chi connectivity index (χ0v) is 10.9. The van der Waals surface area contributed by atoms with Crippen LogP contribution in [0, 0.1) is 5.41 Å². The largest absolute Gasteiger partial charge is 0.396 e. The smallest absolute Gasteiger partial charge is 0.0547 e. The monoisotopic (exact) mass is 290 g/mol. The van der Waals surface area contributed by atoms with Gasteiger partial charge in [-0.05, 0) is 46.6 Å². The molecule has 1 aromatic heterocycles. The van der Waals surface area contributed by atoms with Crippen molar-refractivity contribution in [2.75, 3.05) is 19.8 Å². The Hall–Kier alpha value is 0.1000. The Bertz CT molecular complexity index is 318. The van der Waals surface area contributed by atoms with Crippen molar-refractivity contribution in [3.05, 3.63) is 20.8 Å². The van der Waals surface area contributed by atoms with Crippen molar-refractivity contribution in [3.63, 3.8) is 0 Å². The summed E-state index contributed by atoms with van der Waals surface area (Å²) in [6, 6.07) is 2.06. The van der Waals surface area contributed by atoms with Crippen molar-refractivity contribution >= 4 is 27.3 Å². The highest BCUT2D eigenvalue weighted by Gasteiger charge is 2.33. The highest BCUT2D eigenvalue weighted by Crippen LogP contribution is 2.36. The Morgan fingerprint density at radius 1 is 1.60 bits per heavy atom. The van der Waals surface area contributed by atoms with E-state index in [0.717, 1.165) is 30.3 Å². The lowest BCUT2D eigenvalue weighted by Crippen LogP contribution is -2.37. The van der Waals surface area contributed by atoms with E-state index < -0.39 is 0 Å². The maximum absolute atomic E-state index is 9.54. The molecule has 1 fully saturated rings. The van der Waals surface area contributed by atoms with E-state index in [1.165, 1.54) is 4.88 Å². The number of hydrogen-bond donors (Lipinski definition) is 1. The van der Waals surface area contributed by atoms with E-state index in [1.54, 1.807) is 11.3 Å². The van der Waals surface area contributed by atoms with Crippen LogP contribution in [0.5, 0.6) is 0 Å². The molecule has 1 aromatic rings. The van der Waals surface area contributed by atoms with Gasteiger partial charge >= 0.3 is 0 Å². The SMILES string of the molecule is OCC1(Cc2sccc2Br)CCCOC1. The fourth-order valence-corrected chi connectivity index (χ4v) is 3.69. The number of thiophene rings is 1. The van der Waals surface area contributed by atoms with E-state index in [1.807, 2.05) is 0 Å². The van der Waals surface area contributed by atoms with Crippen LogP contribution in [0.1, 0.15) is 17.7 Å². The first kappa shape index (κ1) is 11.6. The molecule has 1 saturated heterocycles. The third-order valence-corrected chi connectivity index (χ3v) is 4.89. The number of rotatable bonds is 3. The molecule has 2 heterocycles. The Morgan fingerprint density at radius 2 is 2.47 bits per heavy atom. The molecule has 0 amide bonds. The predicted octanol–water partition coefficient (Wildman–Crippen LogP) is 2.84. The van der Waals surface area contributed by atoms with Gasteiger partial charge in [0.05, 0.1) is 13.2 Å². The number of aliphatic hydroxyl groups is 1. The second-order valence-corrected chi connectivity index (χ2v) is 6.04. The Morgan fingerprint density at radius 3 is 3.00 bits per heavy atom. The van der Waals surface area contributed by atoms with Crippen LogP contribution in [0.15, 0.2) is 15.9 Å². The summed E-state index contributed by atoms with van der Waals surface area (Å²) in [6.45, 7) is 1.75. The van der Waals surface area contributed by atoms with Gasteiger partial charge in [0.1, 0.15) is 0 Å². The van der Waals surface area contributed by atoms with Gasteiger partial charge in [-0.25, -0.2) is 0 Å². The number of ether oxygens (including phenoxy) is 1. The molecular formula is C11H15BrO2S. The van der Waals surface area contributed by atoms with E-state index in [4.69, 9.17) is 4.74 Å². The highest BCUT2D eigenvalue weighted by atomic mass is 79.9. The molecule has 1 atom stereocenters. The van der Waals surface area contributed by atoms with Gasteiger partial charge in [0.15, 0.2) is 0 Å². The van der Waals surface area contributed by atoms with Crippen LogP contribution >= 0.6 is 27.3 Å². The van der Waals surface area contributed by atoms with Crippen LogP contribution in [0.2, 0.25) is 0 Å². The number of hydrogen-bond acceptors (Lipinski definition) is 3. The fourth-order valence-electron chi connectivity index (χ4n) is 2.02. The van der Waals surface area contributed by atoms with E-state index in [0.29, 0.717) is 6.61 Å². The van der Waals surface area contributed by atoms with Gasteiger partial charge in [-0.3, -0.25) is 0 Å². The van der Waals surface area contributed by atoms with Crippen molar-refractivity contribution < 1.29 is 9.84 Å². The maximum Gasteiger partial charge on any atom is 0.0547 e. The minimum atomic E-state index is -0.0500. The van der Waals surface area contributed by atoms with Gasteiger partial charge in [-0.1, -0.05) is 0 Å². The molecule has 0 saturated carbocycles. The quantitative estimate of drug-likeness (QED) is 0.928. The van der Waals surface area contributed by atoms with Crippen molar-refractivity contribution in [1.29, 1.82) is 0 Å². The van der Waals surface area contributed by atoms with E-state index in [2.05, 4.69) is 27.4 Å². The summed E-state index contributed by atoms with van der Waals surface area (Å²) < 4.78 is 6.65. The molecule has 0 aliphatic carbocycles. The van der Waals surface area contributed by atoms with Crippen LogP contribution in [0.25, 0.3) is 0 Å². The second-order valence-electron chi connectivity index (χ2n) is 4.18. The van der Waals surface area contributed by atoms with Gasteiger partial charge in [0, 0.05) is 21.4 Å². The average Bonchev–Trinajstić information content (AvgIpc) is 2.66. The van der Waals surface area contributed by atoms with Gasteiger partial charge in [-0.15, -0.1) is 11.3 Å². The summed E-state index contributed by atoms with van der Waals surface area (Å²) in [6.07, 6.45) is 3.04. The van der Waals surface area contributed by atoms with Gasteiger partial charge in [-0.2, -0.15) is 0 Å². The summed E-state index contributed by atoms with van der Waals surface area (Å²) in [5.74, 6) is 0. The predicted molar refractivity (Wildman–Crippen MR) is 65.3 cm³/mol. The van der Waals surface area contributed by atoms with E-state index in [9.17, 15) is 5.11 Å². The minimum absolute atomic E-state index is 0.0500. The molecule has 1 unspecified atom stereocenters. The molecule has 0 bridgehead atoms. The van der Waals surface area contributed by atoms with Crippen molar-refractivity contribution in [1.82, 2.24) is 0 Å². The van der Waals surface area contributed by atoms with Crippen LogP contribution in [-0.2, 0) is 11.2 Å². The van der Waals surface area contributed by atoms with Gasteiger partial charge in [0.25, 0.3) is 0 Å². The third kappa shape index (κ3) is 2.61. The average molecular weight is 291 g/mol. The standard InChI is InChI=1S/C11H15BrO2S/c12-9-2-5-15-10(9)6-11(7-13)3-1-4-14-8-11/h2,5,13H,1,3-4,6-8H2. The van der Waals surface area contributed by atoms with Crippen LogP contribution in [0.4, 0.5) is 0 Å². The van der Waals surface area contributed by atoms with Crippen molar-refractivity contribution in [3.8, 4) is 0 Å². The lowest BCUT2D eigenvalue weighted by Gasteiger charge is -2.35. The Labute approximate surface area is 102 Å². The molecule has 1 aliphatic rings. The molecule has 2 rings (SSSR count). The third-order valence-electron chi connectivity index (χ3n) is 2.97. The van der Waals surface area contributed by atoms with Crippen LogP contribution in [-0.4, -0.2) is 24.9 Å². The fraction of sp³-hybridized carbons (Fsp3) is 0.636. The van der Waals surface area contributed by atoms with E-state index in [-0.39, 0.29) is 12.0 Å². The second kappa shape index (κ2) is 4.95. The first-order valence-electron chi connectivity index (χ1n) is 5.16. The van der Waals surface area contributed by atoms with Crippen LogP contribution < -0.4 is 0 Å². The Kier molecular flexibility index (Phi) is 3.83. The molecule has 0 spiro atoms. The summed E-state index contributed by atoms with van der Waals surface area (Å²) in [4.78, 5) is 1.31. The molecule has 2 nitrogen and oxygen atoms in total. The molecule has 0 radical (unpaired) electrons. The zero-order valence-electron chi connectivity index (χ0n) is 8.54. The summed E-state index contributed by atoms with van der Waals surface area (Å²) >= 11 is 5.28. The molecule has 1 N–H and O–H groups in total. The summed E-state index contributed by atoms with van der Waals surface area (Å²) in [7, 11) is 0. The first-order valence-corrected chi connectivity index (χ1v) is 6.83. The molecule has 4 heteroatoms. The molecule has 1 aliphatic heterocycles. The molecule has 84 valence electrons. The topological polar surface area (TPSA) is 29.5 Å². The lowest BCUT2D eigenvalue weighted by atomic mass is 9.80. The maximum atomic E-state index is 9.54. The van der Waals surface area contributed by atoms with E-state index >= 15 is 0 Å². The molecular weight excluding hydrogens is 276 g/mol. The van der Waals surface area contributed by atoms with Crippen molar-refractivity contribution in [2.45, 2.75) is 19.3 Å². The Balaban J connectivity index is 2.10. The first-order chi connectivity index (χ1) is 7.26. The molecule has 0 aromatic carbocycles. The minimum Gasteiger partial charge on any atom is -0.396 e. The van der Waals surface area contributed by atoms with Gasteiger partial charge in [0.2, 0.25) is 0 Å². The summed E-state index contributed by atoms with van der Waals surface area (Å²) in [5, 5.41) is 11.6. The van der Waals surface area contributed by atoms with Crippen LogP contribution in [0.3, 0.4) is 0 Å². The number of halogens is 1.